The van der Waals surface area contributed by atoms with Gasteiger partial charge < -0.3 is 15.0 Å². The molecule has 3 rings (SSSR count). The molecule has 0 aliphatic carbocycles. The number of likely N-dealkylation sites (tertiary alicyclic amines) is 1. The number of hydrogen-bond donors (Lipinski definition) is 1. The van der Waals surface area contributed by atoms with E-state index < -0.39 is 0 Å². The number of rotatable bonds is 5. The van der Waals surface area contributed by atoms with Crippen LogP contribution in [0.15, 0.2) is 24.3 Å². The molecule has 1 aromatic carbocycles. The Balaban J connectivity index is 1.66. The second-order valence-electron chi connectivity index (χ2n) is 6.37. The molecule has 1 saturated heterocycles. The Labute approximate surface area is 137 Å². The highest BCUT2D eigenvalue weighted by atomic mass is 16.5. The summed E-state index contributed by atoms with van der Waals surface area (Å²) in [5, 5.41) is 3.10. The first-order chi connectivity index (χ1) is 11.1. The first-order valence-corrected chi connectivity index (χ1v) is 8.43. The van der Waals surface area contributed by atoms with E-state index in [1.807, 2.05) is 32.0 Å². The standard InChI is InChI=1S/C18H24N2O3/c1-3-15(20-10-6-9-17(20)21)18(22)19-12(2)14-11-23-16-8-5-4-7-13(14)16/h4-5,7-8,12,14-15H,3,6,9-11H2,1-2H3,(H,19,22)/t12-,14+,15-/m1/s1. The van der Waals surface area contributed by atoms with Gasteiger partial charge in [-0.3, -0.25) is 9.59 Å². The molecular weight excluding hydrogens is 292 g/mol. The minimum absolute atomic E-state index is 0.0297. The molecule has 0 bridgehead atoms. The van der Waals surface area contributed by atoms with Crippen molar-refractivity contribution in [3.8, 4) is 5.75 Å². The summed E-state index contributed by atoms with van der Waals surface area (Å²) in [6.07, 6.45) is 2.05. The van der Waals surface area contributed by atoms with Crippen LogP contribution in [0.25, 0.3) is 0 Å². The largest absolute Gasteiger partial charge is 0.493 e. The molecule has 124 valence electrons. The molecule has 1 N–H and O–H groups in total. The minimum Gasteiger partial charge on any atom is -0.493 e. The number of nitrogens with zero attached hydrogens (tertiary/aromatic N) is 1. The van der Waals surface area contributed by atoms with Gasteiger partial charge >= 0.3 is 0 Å². The van der Waals surface area contributed by atoms with E-state index in [-0.39, 0.29) is 29.8 Å². The fraction of sp³-hybridized carbons (Fsp3) is 0.556. The van der Waals surface area contributed by atoms with Gasteiger partial charge in [0, 0.05) is 30.5 Å². The van der Waals surface area contributed by atoms with Crippen LogP contribution in [0.2, 0.25) is 0 Å². The molecule has 0 unspecified atom stereocenters. The van der Waals surface area contributed by atoms with Gasteiger partial charge in [0.2, 0.25) is 11.8 Å². The number of benzene rings is 1. The Morgan fingerprint density at radius 3 is 2.91 bits per heavy atom. The van der Waals surface area contributed by atoms with Gasteiger partial charge in [-0.1, -0.05) is 25.1 Å². The van der Waals surface area contributed by atoms with Crippen molar-refractivity contribution in [2.75, 3.05) is 13.2 Å². The molecule has 2 heterocycles. The van der Waals surface area contributed by atoms with Crippen molar-refractivity contribution in [1.82, 2.24) is 10.2 Å². The molecular formula is C18H24N2O3. The maximum absolute atomic E-state index is 12.6. The van der Waals surface area contributed by atoms with Crippen molar-refractivity contribution in [1.29, 1.82) is 0 Å². The second-order valence-corrected chi connectivity index (χ2v) is 6.37. The van der Waals surface area contributed by atoms with Crippen LogP contribution in [0.3, 0.4) is 0 Å². The Hall–Kier alpha value is -2.04. The van der Waals surface area contributed by atoms with E-state index in [0.29, 0.717) is 26.0 Å². The predicted molar refractivity (Wildman–Crippen MR) is 87.3 cm³/mol. The molecule has 0 aromatic heterocycles. The Kier molecular flexibility index (Phi) is 4.55. The van der Waals surface area contributed by atoms with Crippen LogP contribution in [-0.4, -0.2) is 41.9 Å². The van der Waals surface area contributed by atoms with E-state index in [9.17, 15) is 9.59 Å². The number of hydrogen-bond acceptors (Lipinski definition) is 3. The van der Waals surface area contributed by atoms with Crippen molar-refractivity contribution in [2.45, 2.75) is 51.1 Å². The third kappa shape index (κ3) is 3.05. The number of amides is 2. The number of fused-ring (bicyclic) bond motifs is 1. The molecule has 2 aliphatic rings. The lowest BCUT2D eigenvalue weighted by Gasteiger charge is -2.28. The van der Waals surface area contributed by atoms with Gasteiger partial charge in [0.1, 0.15) is 11.8 Å². The third-order valence-corrected chi connectivity index (χ3v) is 4.89. The first kappa shape index (κ1) is 15.8. The van der Waals surface area contributed by atoms with E-state index in [2.05, 4.69) is 11.4 Å². The summed E-state index contributed by atoms with van der Waals surface area (Å²) in [7, 11) is 0. The van der Waals surface area contributed by atoms with Crippen molar-refractivity contribution < 1.29 is 14.3 Å². The molecule has 2 amide bonds. The van der Waals surface area contributed by atoms with Crippen LogP contribution in [0.5, 0.6) is 5.75 Å². The zero-order valence-electron chi connectivity index (χ0n) is 13.7. The maximum atomic E-state index is 12.6. The first-order valence-electron chi connectivity index (χ1n) is 8.43. The van der Waals surface area contributed by atoms with Crippen molar-refractivity contribution in [3.63, 3.8) is 0 Å². The topological polar surface area (TPSA) is 58.6 Å². The van der Waals surface area contributed by atoms with E-state index in [1.165, 1.54) is 0 Å². The average molecular weight is 316 g/mol. The highest BCUT2D eigenvalue weighted by Crippen LogP contribution is 2.35. The maximum Gasteiger partial charge on any atom is 0.243 e. The molecule has 1 aromatic rings. The summed E-state index contributed by atoms with van der Waals surface area (Å²) in [5.74, 6) is 1.09. The summed E-state index contributed by atoms with van der Waals surface area (Å²) in [6, 6.07) is 7.57. The van der Waals surface area contributed by atoms with Gasteiger partial charge in [-0.2, -0.15) is 0 Å². The van der Waals surface area contributed by atoms with Crippen LogP contribution >= 0.6 is 0 Å². The van der Waals surface area contributed by atoms with Crippen LogP contribution in [0, 0.1) is 0 Å². The van der Waals surface area contributed by atoms with E-state index >= 15 is 0 Å². The number of carbonyl (C=O) groups is 2. The molecule has 5 heteroatoms. The van der Waals surface area contributed by atoms with Gasteiger partial charge in [0.15, 0.2) is 0 Å². The van der Waals surface area contributed by atoms with Crippen LogP contribution in [0.1, 0.15) is 44.6 Å². The van der Waals surface area contributed by atoms with Crippen LogP contribution in [0.4, 0.5) is 0 Å². The van der Waals surface area contributed by atoms with Gasteiger partial charge in [-0.05, 0) is 25.8 Å². The van der Waals surface area contributed by atoms with Crippen molar-refractivity contribution in [3.05, 3.63) is 29.8 Å². The Morgan fingerprint density at radius 2 is 2.22 bits per heavy atom. The lowest BCUT2D eigenvalue weighted by atomic mass is 9.94. The molecule has 5 nitrogen and oxygen atoms in total. The average Bonchev–Trinajstić information content (AvgIpc) is 3.15. The molecule has 3 atom stereocenters. The van der Waals surface area contributed by atoms with Gasteiger partial charge in [-0.25, -0.2) is 0 Å². The Morgan fingerprint density at radius 1 is 1.43 bits per heavy atom. The summed E-state index contributed by atoms with van der Waals surface area (Å²) in [4.78, 5) is 26.3. The summed E-state index contributed by atoms with van der Waals surface area (Å²) < 4.78 is 5.70. The number of carbonyl (C=O) groups excluding carboxylic acids is 2. The molecule has 0 saturated carbocycles. The number of ether oxygens (including phenoxy) is 1. The lowest BCUT2D eigenvalue weighted by Crippen LogP contribution is -2.50. The minimum atomic E-state index is -0.356. The number of para-hydroxylation sites is 1. The zero-order chi connectivity index (χ0) is 16.4. The highest BCUT2D eigenvalue weighted by molar-refractivity contribution is 5.88. The zero-order valence-corrected chi connectivity index (χ0v) is 13.7. The Bertz CT molecular complexity index is 602. The van der Waals surface area contributed by atoms with Crippen molar-refractivity contribution in [2.24, 2.45) is 0 Å². The fourth-order valence-corrected chi connectivity index (χ4v) is 3.57. The summed E-state index contributed by atoms with van der Waals surface area (Å²) >= 11 is 0. The molecule has 23 heavy (non-hydrogen) atoms. The monoisotopic (exact) mass is 316 g/mol. The lowest BCUT2D eigenvalue weighted by molar-refractivity contribution is -0.137. The summed E-state index contributed by atoms with van der Waals surface area (Å²) in [5.41, 5.74) is 1.14. The normalized spacial score (nSPS) is 22.4. The molecule has 1 fully saturated rings. The molecule has 0 spiro atoms. The van der Waals surface area contributed by atoms with Gasteiger partial charge in [-0.15, -0.1) is 0 Å². The quantitative estimate of drug-likeness (QED) is 0.905. The molecule has 2 aliphatic heterocycles. The van der Waals surface area contributed by atoms with Crippen LogP contribution in [-0.2, 0) is 9.59 Å². The van der Waals surface area contributed by atoms with E-state index in [1.54, 1.807) is 4.90 Å². The van der Waals surface area contributed by atoms with Gasteiger partial charge in [0.05, 0.1) is 6.61 Å². The SMILES string of the molecule is CC[C@H](C(=O)N[C@H](C)[C@@H]1COc2ccccc21)N1CCCC1=O. The van der Waals surface area contributed by atoms with E-state index in [4.69, 9.17) is 4.74 Å². The third-order valence-electron chi connectivity index (χ3n) is 4.89. The second kappa shape index (κ2) is 6.60. The van der Waals surface area contributed by atoms with Crippen molar-refractivity contribution >= 4 is 11.8 Å². The van der Waals surface area contributed by atoms with Crippen LogP contribution < -0.4 is 10.1 Å². The fourth-order valence-electron chi connectivity index (χ4n) is 3.57. The van der Waals surface area contributed by atoms with Gasteiger partial charge in [0.25, 0.3) is 0 Å². The molecule has 0 radical (unpaired) electrons. The van der Waals surface area contributed by atoms with E-state index in [0.717, 1.165) is 17.7 Å². The smallest absolute Gasteiger partial charge is 0.243 e. The summed E-state index contributed by atoms with van der Waals surface area (Å²) in [6.45, 7) is 5.23. The number of nitrogens with one attached hydrogen (secondary N) is 1. The predicted octanol–water partition coefficient (Wildman–Crippen LogP) is 2.07. The highest BCUT2D eigenvalue weighted by Gasteiger charge is 2.34.